The Morgan fingerprint density at radius 2 is 0.941 bits per heavy atom. The van der Waals surface area contributed by atoms with Gasteiger partial charge in [-0.15, -0.1) is 0 Å². The minimum absolute atomic E-state index is 0.572. The van der Waals surface area contributed by atoms with Crippen molar-refractivity contribution in [2.45, 2.75) is 93.4 Å². The first kappa shape index (κ1) is 17.0. The molecule has 0 aliphatic carbocycles. The van der Waals surface area contributed by atoms with Crippen LogP contribution in [0.3, 0.4) is 0 Å². The zero-order valence-corrected chi connectivity index (χ0v) is 13.5. The molecule has 0 rings (SSSR count). The van der Waals surface area contributed by atoms with Gasteiger partial charge in [0, 0.05) is 0 Å². The molecule has 17 heavy (non-hydrogen) atoms. The summed E-state index contributed by atoms with van der Waals surface area (Å²) in [6.07, 6.45) is 9.51. The summed E-state index contributed by atoms with van der Waals surface area (Å²) in [4.78, 5) is 0. The highest BCUT2D eigenvalue weighted by molar-refractivity contribution is 4.80. The molecule has 0 saturated carbocycles. The third kappa shape index (κ3) is 5.44. The van der Waals surface area contributed by atoms with Gasteiger partial charge in [-0.05, 0) is 29.6 Å². The van der Waals surface area contributed by atoms with Crippen LogP contribution in [0.1, 0.15) is 93.4 Å². The SMILES string of the molecule is CCC(CC(C)(CC)CC)CC(C)(CC)CC. The highest BCUT2D eigenvalue weighted by Gasteiger charge is 2.29. The molecule has 0 saturated heterocycles. The highest BCUT2D eigenvalue weighted by atomic mass is 14.3. The Morgan fingerprint density at radius 3 is 1.12 bits per heavy atom. The molecule has 0 fully saturated rings. The van der Waals surface area contributed by atoms with Crippen molar-refractivity contribution in [2.75, 3.05) is 0 Å². The standard InChI is InChI=1S/C17H36/c1-8-15(13-16(6,9-2)10-3)14-17(7,11-4)12-5/h15H,8-14H2,1-7H3. The van der Waals surface area contributed by atoms with Crippen LogP contribution in [0.15, 0.2) is 0 Å². The van der Waals surface area contributed by atoms with Crippen LogP contribution in [0.25, 0.3) is 0 Å². The Kier molecular flexibility index (Phi) is 7.44. The Bertz CT molecular complexity index is 164. The maximum atomic E-state index is 2.48. The molecule has 0 heterocycles. The second-order valence-corrected chi connectivity index (χ2v) is 6.72. The fraction of sp³-hybridized carbons (Fsp3) is 1.00. The van der Waals surface area contributed by atoms with Crippen molar-refractivity contribution >= 4 is 0 Å². The highest BCUT2D eigenvalue weighted by Crippen LogP contribution is 2.41. The minimum Gasteiger partial charge on any atom is -0.0651 e. The monoisotopic (exact) mass is 240 g/mol. The molecule has 0 aromatic rings. The first-order chi connectivity index (χ1) is 7.88. The van der Waals surface area contributed by atoms with Crippen LogP contribution in [0.5, 0.6) is 0 Å². The van der Waals surface area contributed by atoms with E-state index in [1.165, 1.54) is 44.9 Å². The summed E-state index contributed by atoms with van der Waals surface area (Å²) in [6.45, 7) is 16.8. The molecule has 0 aromatic heterocycles. The Morgan fingerprint density at radius 1 is 0.647 bits per heavy atom. The predicted octanol–water partition coefficient (Wildman–Crippen LogP) is 6.45. The van der Waals surface area contributed by atoms with E-state index in [-0.39, 0.29) is 0 Å². The first-order valence-electron chi connectivity index (χ1n) is 7.88. The van der Waals surface area contributed by atoms with Crippen LogP contribution in [0.2, 0.25) is 0 Å². The van der Waals surface area contributed by atoms with E-state index in [1.807, 2.05) is 0 Å². The van der Waals surface area contributed by atoms with Gasteiger partial charge in [0.1, 0.15) is 0 Å². The van der Waals surface area contributed by atoms with Gasteiger partial charge in [0.15, 0.2) is 0 Å². The molecule has 0 unspecified atom stereocenters. The molecular weight excluding hydrogens is 204 g/mol. The zero-order valence-electron chi connectivity index (χ0n) is 13.5. The van der Waals surface area contributed by atoms with E-state index in [1.54, 1.807) is 0 Å². The third-order valence-electron chi connectivity index (χ3n) is 5.55. The second kappa shape index (κ2) is 7.44. The average molecular weight is 240 g/mol. The molecule has 0 aromatic carbocycles. The van der Waals surface area contributed by atoms with E-state index in [2.05, 4.69) is 48.5 Å². The normalized spacial score (nSPS) is 13.4. The van der Waals surface area contributed by atoms with Crippen molar-refractivity contribution in [1.82, 2.24) is 0 Å². The lowest BCUT2D eigenvalue weighted by atomic mass is 9.69. The van der Waals surface area contributed by atoms with Crippen LogP contribution in [0.4, 0.5) is 0 Å². The van der Waals surface area contributed by atoms with Gasteiger partial charge in [0.2, 0.25) is 0 Å². The smallest absolute Gasteiger partial charge is 0.0328 e. The number of hydrogen-bond donors (Lipinski definition) is 0. The topological polar surface area (TPSA) is 0 Å². The minimum atomic E-state index is 0.572. The third-order valence-corrected chi connectivity index (χ3v) is 5.55. The Hall–Kier alpha value is 0. The number of rotatable bonds is 9. The Balaban J connectivity index is 4.53. The van der Waals surface area contributed by atoms with Crippen molar-refractivity contribution < 1.29 is 0 Å². The summed E-state index contributed by atoms with van der Waals surface area (Å²) in [5.41, 5.74) is 1.14. The van der Waals surface area contributed by atoms with E-state index in [4.69, 9.17) is 0 Å². The van der Waals surface area contributed by atoms with E-state index in [0.29, 0.717) is 10.8 Å². The molecule has 0 amide bonds. The quantitative estimate of drug-likeness (QED) is 0.434. The van der Waals surface area contributed by atoms with Crippen molar-refractivity contribution in [3.63, 3.8) is 0 Å². The molecule has 0 atom stereocenters. The molecule has 0 bridgehead atoms. The molecule has 0 N–H and O–H groups in total. The largest absolute Gasteiger partial charge is 0.0651 e. The van der Waals surface area contributed by atoms with Gasteiger partial charge < -0.3 is 0 Å². The summed E-state index contributed by atoms with van der Waals surface area (Å²) < 4.78 is 0. The molecule has 0 nitrogen and oxygen atoms in total. The lowest BCUT2D eigenvalue weighted by Gasteiger charge is -2.36. The fourth-order valence-corrected chi connectivity index (χ4v) is 2.83. The maximum absolute atomic E-state index is 2.48. The van der Waals surface area contributed by atoms with Crippen molar-refractivity contribution in [1.29, 1.82) is 0 Å². The summed E-state index contributed by atoms with van der Waals surface area (Å²) >= 11 is 0. The van der Waals surface area contributed by atoms with Crippen molar-refractivity contribution in [2.24, 2.45) is 16.7 Å². The van der Waals surface area contributed by atoms with Crippen LogP contribution < -0.4 is 0 Å². The van der Waals surface area contributed by atoms with Gasteiger partial charge in [0.05, 0.1) is 0 Å². The van der Waals surface area contributed by atoms with Gasteiger partial charge in [-0.2, -0.15) is 0 Å². The van der Waals surface area contributed by atoms with E-state index in [0.717, 1.165) is 5.92 Å². The summed E-state index contributed by atoms with van der Waals surface area (Å²) in [6, 6.07) is 0. The number of hydrogen-bond acceptors (Lipinski definition) is 0. The van der Waals surface area contributed by atoms with Gasteiger partial charge in [-0.25, -0.2) is 0 Å². The van der Waals surface area contributed by atoms with Crippen LogP contribution in [0, 0.1) is 16.7 Å². The summed E-state index contributed by atoms with van der Waals surface area (Å²) in [5, 5.41) is 0. The molecular formula is C17H36. The maximum Gasteiger partial charge on any atom is -0.0328 e. The van der Waals surface area contributed by atoms with Gasteiger partial charge >= 0.3 is 0 Å². The second-order valence-electron chi connectivity index (χ2n) is 6.72. The zero-order chi connectivity index (χ0) is 13.5. The molecule has 0 aliphatic rings. The average Bonchev–Trinajstić information content (AvgIpc) is 2.37. The molecule has 0 spiro atoms. The summed E-state index contributed by atoms with van der Waals surface area (Å²) in [7, 11) is 0. The van der Waals surface area contributed by atoms with Crippen LogP contribution in [-0.2, 0) is 0 Å². The lowest BCUT2D eigenvalue weighted by Crippen LogP contribution is -2.24. The molecule has 0 radical (unpaired) electrons. The van der Waals surface area contributed by atoms with Gasteiger partial charge in [0.25, 0.3) is 0 Å². The summed E-state index contributed by atoms with van der Waals surface area (Å²) in [5.74, 6) is 0.921. The fourth-order valence-electron chi connectivity index (χ4n) is 2.83. The van der Waals surface area contributed by atoms with Crippen molar-refractivity contribution in [3.05, 3.63) is 0 Å². The lowest BCUT2D eigenvalue weighted by molar-refractivity contribution is 0.152. The van der Waals surface area contributed by atoms with Crippen molar-refractivity contribution in [3.8, 4) is 0 Å². The van der Waals surface area contributed by atoms with Gasteiger partial charge in [-0.3, -0.25) is 0 Å². The molecule has 104 valence electrons. The van der Waals surface area contributed by atoms with Gasteiger partial charge in [-0.1, -0.05) is 80.6 Å². The first-order valence-corrected chi connectivity index (χ1v) is 7.88. The van der Waals surface area contributed by atoms with Crippen LogP contribution in [-0.4, -0.2) is 0 Å². The van der Waals surface area contributed by atoms with E-state index in [9.17, 15) is 0 Å². The molecule has 0 aliphatic heterocycles. The predicted molar refractivity (Wildman–Crippen MR) is 80.4 cm³/mol. The Labute approximate surface area is 111 Å². The van der Waals surface area contributed by atoms with E-state index < -0.39 is 0 Å². The molecule has 0 heteroatoms. The van der Waals surface area contributed by atoms with Crippen LogP contribution >= 0.6 is 0 Å². The van der Waals surface area contributed by atoms with E-state index >= 15 is 0 Å².